The Morgan fingerprint density at radius 1 is 1.21 bits per heavy atom. The minimum atomic E-state index is -0.264. The van der Waals surface area contributed by atoms with Crippen LogP contribution in [-0.2, 0) is 4.79 Å². The summed E-state index contributed by atoms with van der Waals surface area (Å²) in [7, 11) is 1.61. The van der Waals surface area contributed by atoms with Crippen molar-refractivity contribution in [2.24, 2.45) is 0 Å². The fraction of sp³-hybridized carbons (Fsp3) is 0.263. The molecule has 1 heterocycles. The maximum Gasteiger partial charge on any atom is 0.253 e. The number of benzene rings is 2. The number of nitrogens with zero attached hydrogens (tertiary/aromatic N) is 1. The molecule has 0 bridgehead atoms. The molecule has 2 aromatic rings. The summed E-state index contributed by atoms with van der Waals surface area (Å²) in [5.41, 5.74) is 3.06. The Kier molecular flexibility index (Phi) is 4.25. The van der Waals surface area contributed by atoms with Crippen LogP contribution in [-0.4, -0.2) is 25.5 Å². The topological polar surface area (TPSA) is 58.6 Å². The molecule has 3 rings (SSSR count). The lowest BCUT2D eigenvalue weighted by molar-refractivity contribution is -0.117. The number of nitrogens with one attached hydrogen (secondary N) is 1. The molecule has 1 aliphatic heterocycles. The molecule has 0 aromatic heterocycles. The smallest absolute Gasteiger partial charge is 0.253 e. The first kappa shape index (κ1) is 16.1. The van der Waals surface area contributed by atoms with Crippen LogP contribution < -0.4 is 15.0 Å². The van der Waals surface area contributed by atoms with Gasteiger partial charge in [-0.1, -0.05) is 24.3 Å². The third-order valence-electron chi connectivity index (χ3n) is 4.33. The van der Waals surface area contributed by atoms with Crippen LogP contribution in [0, 0.1) is 6.92 Å². The van der Waals surface area contributed by atoms with Crippen LogP contribution in [0.3, 0.4) is 0 Å². The second-order valence-corrected chi connectivity index (χ2v) is 5.86. The zero-order chi connectivity index (χ0) is 17.3. The Bertz CT molecular complexity index is 784. The third-order valence-corrected chi connectivity index (χ3v) is 4.33. The Hall–Kier alpha value is -2.82. The van der Waals surface area contributed by atoms with Crippen molar-refractivity contribution in [3.8, 4) is 5.75 Å². The van der Waals surface area contributed by atoms with Crippen molar-refractivity contribution in [3.63, 3.8) is 0 Å². The Morgan fingerprint density at radius 3 is 2.54 bits per heavy atom. The molecule has 0 fully saturated rings. The number of fused-ring (bicyclic) bond motifs is 1. The largest absolute Gasteiger partial charge is 0.497 e. The van der Waals surface area contributed by atoms with E-state index < -0.39 is 0 Å². The number of methoxy groups -OCH3 is 1. The van der Waals surface area contributed by atoms with E-state index in [4.69, 9.17) is 4.74 Å². The van der Waals surface area contributed by atoms with Crippen LogP contribution in [0.4, 0.5) is 5.69 Å². The van der Waals surface area contributed by atoms with Crippen molar-refractivity contribution < 1.29 is 14.3 Å². The molecule has 0 saturated heterocycles. The molecule has 24 heavy (non-hydrogen) atoms. The molecule has 1 N–H and O–H groups in total. The highest BCUT2D eigenvalue weighted by molar-refractivity contribution is 6.06. The molecule has 124 valence electrons. The number of carbonyl (C=O) groups excluding carboxylic acids is 2. The maximum atomic E-state index is 12.4. The highest BCUT2D eigenvalue weighted by Crippen LogP contribution is 2.35. The van der Waals surface area contributed by atoms with Gasteiger partial charge in [0, 0.05) is 13.5 Å². The number of amides is 2. The van der Waals surface area contributed by atoms with E-state index in [9.17, 15) is 9.59 Å². The van der Waals surface area contributed by atoms with E-state index in [1.165, 1.54) is 6.92 Å². The summed E-state index contributed by atoms with van der Waals surface area (Å²) in [5, 5.41) is 2.93. The summed E-state index contributed by atoms with van der Waals surface area (Å²) in [5.74, 6) is 0.501. The number of ether oxygens (including phenoxy) is 1. The fourth-order valence-corrected chi connectivity index (χ4v) is 3.16. The van der Waals surface area contributed by atoms with Crippen molar-refractivity contribution in [2.75, 3.05) is 18.6 Å². The summed E-state index contributed by atoms with van der Waals surface area (Å²) in [4.78, 5) is 26.6. The average molecular weight is 324 g/mol. The third kappa shape index (κ3) is 2.73. The van der Waals surface area contributed by atoms with E-state index in [0.717, 1.165) is 16.9 Å². The van der Waals surface area contributed by atoms with E-state index in [-0.39, 0.29) is 17.9 Å². The fourth-order valence-electron chi connectivity index (χ4n) is 3.16. The summed E-state index contributed by atoms with van der Waals surface area (Å²) in [6.07, 6.45) is 0. The Morgan fingerprint density at radius 2 is 1.92 bits per heavy atom. The molecular weight excluding hydrogens is 304 g/mol. The molecule has 0 radical (unpaired) electrons. The van der Waals surface area contributed by atoms with Crippen LogP contribution in [0.25, 0.3) is 0 Å². The van der Waals surface area contributed by atoms with Gasteiger partial charge in [0.2, 0.25) is 5.91 Å². The predicted octanol–water partition coefficient (Wildman–Crippen LogP) is 2.84. The van der Waals surface area contributed by atoms with Gasteiger partial charge in [0.1, 0.15) is 5.75 Å². The molecule has 5 heteroatoms. The molecule has 2 aromatic carbocycles. The normalized spacial score (nSPS) is 16.9. The van der Waals surface area contributed by atoms with Crippen LogP contribution in [0.2, 0.25) is 0 Å². The molecular formula is C19H20N2O3. The number of anilines is 1. The summed E-state index contributed by atoms with van der Waals surface area (Å²) < 4.78 is 5.20. The maximum absolute atomic E-state index is 12.4. The number of aryl methyl sites for hydroxylation is 1. The van der Waals surface area contributed by atoms with Gasteiger partial charge >= 0.3 is 0 Å². The number of rotatable bonds is 2. The van der Waals surface area contributed by atoms with Crippen molar-refractivity contribution in [1.29, 1.82) is 0 Å². The van der Waals surface area contributed by atoms with Crippen molar-refractivity contribution in [2.45, 2.75) is 19.9 Å². The van der Waals surface area contributed by atoms with Crippen molar-refractivity contribution in [3.05, 3.63) is 59.2 Å². The quantitative estimate of drug-likeness (QED) is 0.924. The van der Waals surface area contributed by atoms with E-state index in [2.05, 4.69) is 5.32 Å². The minimum absolute atomic E-state index is 0.0946. The Labute approximate surface area is 141 Å². The monoisotopic (exact) mass is 324 g/mol. The van der Waals surface area contributed by atoms with Crippen LogP contribution >= 0.6 is 0 Å². The SMILES string of the molecule is COc1ccc(C2CNC(=O)c3cccc(C)c3N2C(C)=O)cc1. The van der Waals surface area contributed by atoms with E-state index >= 15 is 0 Å². The predicted molar refractivity (Wildman–Crippen MR) is 92.4 cm³/mol. The van der Waals surface area contributed by atoms with Crippen molar-refractivity contribution >= 4 is 17.5 Å². The van der Waals surface area contributed by atoms with Gasteiger partial charge in [0.15, 0.2) is 0 Å². The molecule has 2 amide bonds. The summed E-state index contributed by atoms with van der Waals surface area (Å²) in [6, 6.07) is 12.8. The van der Waals surface area contributed by atoms with Gasteiger partial charge in [-0.25, -0.2) is 0 Å². The lowest BCUT2D eigenvalue weighted by atomic mass is 10.0. The molecule has 0 saturated carbocycles. The van der Waals surface area contributed by atoms with Gasteiger partial charge in [-0.15, -0.1) is 0 Å². The zero-order valence-corrected chi connectivity index (χ0v) is 14.0. The highest BCUT2D eigenvalue weighted by Gasteiger charge is 2.32. The molecule has 0 spiro atoms. The molecule has 1 unspecified atom stereocenters. The second-order valence-electron chi connectivity index (χ2n) is 5.86. The summed E-state index contributed by atoms with van der Waals surface area (Å²) in [6.45, 7) is 3.81. The van der Waals surface area contributed by atoms with Crippen LogP contribution in [0.5, 0.6) is 5.75 Å². The number of hydrogen-bond acceptors (Lipinski definition) is 3. The first-order chi connectivity index (χ1) is 11.5. The van der Waals surface area contributed by atoms with Crippen LogP contribution in [0.15, 0.2) is 42.5 Å². The van der Waals surface area contributed by atoms with E-state index in [1.807, 2.05) is 43.3 Å². The van der Waals surface area contributed by atoms with Gasteiger partial charge in [0.25, 0.3) is 5.91 Å². The Balaban J connectivity index is 2.14. The average Bonchev–Trinajstić information content (AvgIpc) is 2.73. The lowest BCUT2D eigenvalue weighted by Gasteiger charge is -2.31. The number of para-hydroxylation sites is 1. The number of carbonyl (C=O) groups is 2. The number of hydrogen-bond donors (Lipinski definition) is 1. The zero-order valence-electron chi connectivity index (χ0n) is 14.0. The van der Waals surface area contributed by atoms with Crippen LogP contribution in [0.1, 0.15) is 34.5 Å². The first-order valence-corrected chi connectivity index (χ1v) is 7.84. The minimum Gasteiger partial charge on any atom is -0.497 e. The van der Waals surface area contributed by atoms with Gasteiger partial charge in [-0.3, -0.25) is 9.59 Å². The lowest BCUT2D eigenvalue weighted by Crippen LogP contribution is -2.37. The van der Waals surface area contributed by atoms with Crippen molar-refractivity contribution in [1.82, 2.24) is 5.32 Å². The van der Waals surface area contributed by atoms with E-state index in [1.54, 1.807) is 18.1 Å². The summed E-state index contributed by atoms with van der Waals surface area (Å²) >= 11 is 0. The van der Waals surface area contributed by atoms with E-state index in [0.29, 0.717) is 17.8 Å². The van der Waals surface area contributed by atoms with Gasteiger partial charge in [-0.05, 0) is 36.2 Å². The van der Waals surface area contributed by atoms with Gasteiger partial charge in [-0.2, -0.15) is 0 Å². The van der Waals surface area contributed by atoms with Gasteiger partial charge in [0.05, 0.1) is 24.4 Å². The molecule has 1 aliphatic rings. The molecule has 1 atom stereocenters. The highest BCUT2D eigenvalue weighted by atomic mass is 16.5. The molecule has 0 aliphatic carbocycles. The first-order valence-electron chi connectivity index (χ1n) is 7.84. The molecule has 5 nitrogen and oxygen atoms in total. The second kappa shape index (κ2) is 6.35. The van der Waals surface area contributed by atoms with Gasteiger partial charge < -0.3 is 15.0 Å². The standard InChI is InChI=1S/C19H20N2O3/c1-12-5-4-6-16-18(12)21(13(2)22)17(11-20-19(16)23)14-7-9-15(24-3)10-8-14/h4-10,17H,11H2,1-3H3,(H,20,23).